The molecule has 0 atom stereocenters. The van der Waals surface area contributed by atoms with Gasteiger partial charge in [-0.25, -0.2) is 10.8 Å². The highest BCUT2D eigenvalue weighted by Gasteiger charge is 2.09. The van der Waals surface area contributed by atoms with Gasteiger partial charge in [-0.05, 0) is 36.8 Å². The standard InChI is InChI=1S/C11H12N6O/c1-7-4-5-13-10(6-7)14-11(18)8-2-3-9(15-12)17-16-8/h2-6H,12H2,1H3,(H,15,17)(H,13,14,18). The van der Waals surface area contributed by atoms with E-state index in [1.54, 1.807) is 18.3 Å². The minimum absolute atomic E-state index is 0.192. The predicted molar refractivity (Wildman–Crippen MR) is 66.8 cm³/mol. The number of carbonyl (C=O) groups excluding carboxylic acids is 1. The molecule has 7 heteroatoms. The normalized spacial score (nSPS) is 9.89. The third-order valence-electron chi connectivity index (χ3n) is 2.20. The Kier molecular flexibility index (Phi) is 3.44. The van der Waals surface area contributed by atoms with Crippen molar-refractivity contribution in [2.24, 2.45) is 5.84 Å². The molecular weight excluding hydrogens is 232 g/mol. The van der Waals surface area contributed by atoms with Crippen LogP contribution in [0, 0.1) is 6.92 Å². The van der Waals surface area contributed by atoms with Crippen LogP contribution in [0.4, 0.5) is 11.6 Å². The van der Waals surface area contributed by atoms with Crippen molar-refractivity contribution in [2.45, 2.75) is 6.92 Å². The summed E-state index contributed by atoms with van der Waals surface area (Å²) < 4.78 is 0. The lowest BCUT2D eigenvalue weighted by Gasteiger charge is -2.04. The predicted octanol–water partition coefficient (Wildman–Crippen LogP) is 0.718. The number of rotatable bonds is 3. The lowest BCUT2D eigenvalue weighted by atomic mass is 10.3. The fourth-order valence-corrected chi connectivity index (χ4v) is 1.32. The highest BCUT2D eigenvalue weighted by molar-refractivity contribution is 6.02. The molecule has 0 bridgehead atoms. The fraction of sp³-hybridized carbons (Fsp3) is 0.0909. The van der Waals surface area contributed by atoms with Crippen molar-refractivity contribution < 1.29 is 4.79 Å². The summed E-state index contributed by atoms with van der Waals surface area (Å²) in [5.41, 5.74) is 3.53. The third kappa shape index (κ3) is 2.77. The second-order valence-electron chi connectivity index (χ2n) is 3.62. The molecule has 0 aliphatic rings. The van der Waals surface area contributed by atoms with Gasteiger partial charge in [-0.1, -0.05) is 0 Å². The van der Waals surface area contributed by atoms with Crippen LogP contribution in [0.25, 0.3) is 0 Å². The summed E-state index contributed by atoms with van der Waals surface area (Å²) >= 11 is 0. The molecule has 7 nitrogen and oxygen atoms in total. The third-order valence-corrected chi connectivity index (χ3v) is 2.20. The van der Waals surface area contributed by atoms with Gasteiger partial charge in [0.05, 0.1) is 0 Å². The SMILES string of the molecule is Cc1ccnc(NC(=O)c2ccc(NN)nn2)c1. The highest BCUT2D eigenvalue weighted by Crippen LogP contribution is 2.07. The van der Waals surface area contributed by atoms with Gasteiger partial charge in [0, 0.05) is 6.20 Å². The topological polar surface area (TPSA) is 106 Å². The molecule has 2 aromatic rings. The number of hydrogen-bond acceptors (Lipinski definition) is 6. The summed E-state index contributed by atoms with van der Waals surface area (Å²) in [4.78, 5) is 15.8. The Hall–Kier alpha value is -2.54. The first-order chi connectivity index (χ1) is 8.69. The van der Waals surface area contributed by atoms with Gasteiger partial charge in [0.25, 0.3) is 5.91 Å². The first-order valence-corrected chi connectivity index (χ1v) is 5.23. The molecule has 2 rings (SSSR count). The number of amides is 1. The summed E-state index contributed by atoms with van der Waals surface area (Å²) in [5.74, 6) is 5.65. The number of nitrogens with two attached hydrogens (primary N) is 1. The lowest BCUT2D eigenvalue weighted by molar-refractivity contribution is 0.102. The van der Waals surface area contributed by atoms with E-state index in [2.05, 4.69) is 25.9 Å². The molecule has 0 saturated heterocycles. The van der Waals surface area contributed by atoms with E-state index in [1.807, 2.05) is 13.0 Å². The highest BCUT2D eigenvalue weighted by atomic mass is 16.2. The maximum atomic E-state index is 11.8. The average molecular weight is 244 g/mol. The Bertz CT molecular complexity index is 554. The van der Waals surface area contributed by atoms with Crippen LogP contribution in [0.5, 0.6) is 0 Å². The molecule has 0 spiro atoms. The summed E-state index contributed by atoms with van der Waals surface area (Å²) in [7, 11) is 0. The summed E-state index contributed by atoms with van der Waals surface area (Å²) in [6.07, 6.45) is 1.62. The minimum Gasteiger partial charge on any atom is -0.307 e. The molecule has 0 aromatic carbocycles. The molecule has 4 N–H and O–H groups in total. The van der Waals surface area contributed by atoms with Crippen molar-refractivity contribution in [3.63, 3.8) is 0 Å². The molecule has 0 fully saturated rings. The number of nitrogen functional groups attached to an aromatic ring is 1. The number of hydrazine groups is 1. The summed E-state index contributed by atoms with van der Waals surface area (Å²) in [6, 6.07) is 6.69. The summed E-state index contributed by atoms with van der Waals surface area (Å²) in [5, 5.41) is 10.1. The Labute approximate surface area is 103 Å². The van der Waals surface area contributed by atoms with Crippen LogP contribution in [-0.4, -0.2) is 21.1 Å². The van der Waals surface area contributed by atoms with Gasteiger partial charge in [0.2, 0.25) is 0 Å². The van der Waals surface area contributed by atoms with Crippen molar-refractivity contribution in [1.82, 2.24) is 15.2 Å². The Morgan fingerprint density at radius 2 is 2.06 bits per heavy atom. The molecule has 2 aromatic heterocycles. The first kappa shape index (κ1) is 11.9. The van der Waals surface area contributed by atoms with Crippen LogP contribution < -0.4 is 16.6 Å². The molecule has 0 aliphatic carbocycles. The Morgan fingerprint density at radius 3 is 2.67 bits per heavy atom. The molecule has 0 radical (unpaired) electrons. The van der Waals surface area contributed by atoms with Crippen molar-refractivity contribution in [2.75, 3.05) is 10.7 Å². The fourth-order valence-electron chi connectivity index (χ4n) is 1.32. The van der Waals surface area contributed by atoms with Gasteiger partial charge >= 0.3 is 0 Å². The Morgan fingerprint density at radius 1 is 1.22 bits per heavy atom. The van der Waals surface area contributed by atoms with Crippen molar-refractivity contribution in [1.29, 1.82) is 0 Å². The van der Waals surface area contributed by atoms with Crippen molar-refractivity contribution >= 4 is 17.5 Å². The molecule has 0 unspecified atom stereocenters. The van der Waals surface area contributed by atoms with Gasteiger partial charge in [-0.3, -0.25) is 4.79 Å². The minimum atomic E-state index is -0.371. The van der Waals surface area contributed by atoms with Gasteiger partial charge < -0.3 is 10.7 Å². The number of nitrogens with one attached hydrogen (secondary N) is 2. The number of aryl methyl sites for hydroxylation is 1. The summed E-state index contributed by atoms with van der Waals surface area (Å²) in [6.45, 7) is 1.92. The monoisotopic (exact) mass is 244 g/mol. The zero-order valence-electron chi connectivity index (χ0n) is 9.71. The largest absolute Gasteiger partial charge is 0.307 e. The van der Waals surface area contributed by atoms with Crippen LogP contribution >= 0.6 is 0 Å². The van der Waals surface area contributed by atoms with Crippen LogP contribution in [0.15, 0.2) is 30.5 Å². The molecular formula is C11H12N6O. The number of pyridine rings is 1. The van der Waals surface area contributed by atoms with Gasteiger partial charge in [-0.15, -0.1) is 10.2 Å². The number of anilines is 2. The molecule has 92 valence electrons. The van der Waals surface area contributed by atoms with E-state index in [-0.39, 0.29) is 11.6 Å². The second kappa shape index (κ2) is 5.19. The second-order valence-corrected chi connectivity index (χ2v) is 3.62. The van der Waals surface area contributed by atoms with E-state index < -0.39 is 0 Å². The van der Waals surface area contributed by atoms with Crippen molar-refractivity contribution in [3.8, 4) is 0 Å². The quantitative estimate of drug-likeness (QED) is 0.542. The van der Waals surface area contributed by atoms with Gasteiger partial charge in [0.1, 0.15) is 5.82 Å². The Balaban J connectivity index is 2.11. The van der Waals surface area contributed by atoms with Crippen LogP contribution in [0.1, 0.15) is 16.1 Å². The van der Waals surface area contributed by atoms with E-state index in [4.69, 9.17) is 5.84 Å². The first-order valence-electron chi connectivity index (χ1n) is 5.23. The zero-order chi connectivity index (χ0) is 13.0. The maximum Gasteiger partial charge on any atom is 0.277 e. The van der Waals surface area contributed by atoms with E-state index in [9.17, 15) is 4.79 Å². The number of hydrogen-bond donors (Lipinski definition) is 3. The number of aromatic nitrogens is 3. The van der Waals surface area contributed by atoms with Crippen LogP contribution in [-0.2, 0) is 0 Å². The van der Waals surface area contributed by atoms with E-state index in [0.29, 0.717) is 11.6 Å². The molecule has 2 heterocycles. The number of carbonyl (C=O) groups is 1. The van der Waals surface area contributed by atoms with E-state index in [0.717, 1.165) is 5.56 Å². The molecule has 0 aliphatic heterocycles. The van der Waals surface area contributed by atoms with Crippen molar-refractivity contribution in [3.05, 3.63) is 41.7 Å². The molecule has 1 amide bonds. The smallest absolute Gasteiger partial charge is 0.277 e. The average Bonchev–Trinajstić information content (AvgIpc) is 2.39. The molecule has 0 saturated carbocycles. The van der Waals surface area contributed by atoms with Gasteiger partial charge in [-0.2, -0.15) is 0 Å². The maximum absolute atomic E-state index is 11.8. The van der Waals surface area contributed by atoms with Crippen LogP contribution in [0.2, 0.25) is 0 Å². The molecule has 18 heavy (non-hydrogen) atoms. The number of nitrogens with zero attached hydrogens (tertiary/aromatic N) is 3. The lowest BCUT2D eigenvalue weighted by Crippen LogP contribution is -2.16. The van der Waals surface area contributed by atoms with Gasteiger partial charge in [0.15, 0.2) is 11.5 Å². The van der Waals surface area contributed by atoms with Crippen LogP contribution in [0.3, 0.4) is 0 Å². The van der Waals surface area contributed by atoms with E-state index >= 15 is 0 Å². The zero-order valence-corrected chi connectivity index (χ0v) is 9.71. The van der Waals surface area contributed by atoms with E-state index in [1.165, 1.54) is 6.07 Å².